The summed E-state index contributed by atoms with van der Waals surface area (Å²) in [5.74, 6) is 0.852. The summed E-state index contributed by atoms with van der Waals surface area (Å²) in [5.41, 5.74) is 3.00. The first-order valence-electron chi connectivity index (χ1n) is 9.77. The van der Waals surface area contributed by atoms with Crippen molar-refractivity contribution < 1.29 is 9.90 Å². The molecule has 0 spiro atoms. The summed E-state index contributed by atoms with van der Waals surface area (Å²) in [5, 5.41) is 14.8. The van der Waals surface area contributed by atoms with Gasteiger partial charge in [-0.25, -0.2) is 9.48 Å². The molecule has 4 rings (SSSR count). The highest BCUT2D eigenvalue weighted by Gasteiger charge is 2.41. The molecule has 2 aliphatic heterocycles. The average molecular weight is 403 g/mol. The Morgan fingerprint density at radius 3 is 2.39 bits per heavy atom. The number of aromatic nitrogens is 2. The van der Waals surface area contributed by atoms with Gasteiger partial charge in [0.15, 0.2) is 0 Å². The predicted octanol–water partition coefficient (Wildman–Crippen LogP) is 3.86. The first-order valence-corrected chi connectivity index (χ1v) is 10.1. The zero-order chi connectivity index (χ0) is 20.1. The molecule has 1 aromatic carbocycles. The van der Waals surface area contributed by atoms with E-state index in [1.807, 2.05) is 28.9 Å². The van der Waals surface area contributed by atoms with Crippen LogP contribution in [-0.4, -0.2) is 57.0 Å². The third kappa shape index (κ3) is 3.63. The number of rotatable bonds is 3. The smallest absolute Gasteiger partial charge is 0.407 e. The first kappa shape index (κ1) is 19.3. The highest BCUT2D eigenvalue weighted by atomic mass is 35.5. The Kier molecular flexibility index (Phi) is 4.88. The molecule has 7 heteroatoms. The fourth-order valence-electron chi connectivity index (χ4n) is 4.34. The van der Waals surface area contributed by atoms with Gasteiger partial charge in [-0.2, -0.15) is 5.10 Å². The number of carbonyl (C=O) groups is 1. The minimum absolute atomic E-state index is 0.0508. The van der Waals surface area contributed by atoms with Gasteiger partial charge < -0.3 is 10.0 Å². The van der Waals surface area contributed by atoms with Gasteiger partial charge in [0.2, 0.25) is 0 Å². The zero-order valence-electron chi connectivity index (χ0n) is 16.6. The molecule has 2 aromatic rings. The number of hydrogen-bond donors (Lipinski definition) is 1. The van der Waals surface area contributed by atoms with Crippen LogP contribution < -0.4 is 0 Å². The molecule has 150 valence electrons. The molecular weight excluding hydrogens is 376 g/mol. The Bertz CT molecular complexity index is 875. The minimum Gasteiger partial charge on any atom is -0.465 e. The van der Waals surface area contributed by atoms with Crippen molar-refractivity contribution in [3.05, 3.63) is 46.7 Å². The lowest BCUT2D eigenvalue weighted by molar-refractivity contribution is 0.148. The Morgan fingerprint density at radius 2 is 1.82 bits per heavy atom. The van der Waals surface area contributed by atoms with E-state index in [1.165, 1.54) is 0 Å². The maximum absolute atomic E-state index is 11.2. The quantitative estimate of drug-likeness (QED) is 0.846. The fraction of sp³-hybridized carbons (Fsp3) is 0.524. The number of amides is 1. The number of carboxylic acid groups (broad SMARTS) is 1. The van der Waals surface area contributed by atoms with Crippen molar-refractivity contribution in [2.24, 2.45) is 11.8 Å². The molecular formula is C21H27ClN4O2. The average Bonchev–Trinajstić information content (AvgIpc) is 3.28. The number of para-hydroxylation sites is 1. The molecule has 1 N–H and O–H groups in total. The maximum atomic E-state index is 11.2. The summed E-state index contributed by atoms with van der Waals surface area (Å²) in [6.45, 7) is 10.4. The van der Waals surface area contributed by atoms with E-state index in [2.05, 4.69) is 31.7 Å². The second-order valence-electron chi connectivity index (χ2n) is 9.04. The standard InChI is InChI=1S/C21H27ClN4O2/c1-21(2,3)19-8-16(26(23-19)18-7-5-4-6-17(18)22)13-24-9-14-11-25(20(27)28)12-15(14)10-24/h4-8,14-15H,9-13H2,1-3H3,(H,27,28). The van der Waals surface area contributed by atoms with E-state index in [0.29, 0.717) is 29.9 Å². The van der Waals surface area contributed by atoms with Crippen molar-refractivity contribution in [2.75, 3.05) is 26.2 Å². The van der Waals surface area contributed by atoms with Gasteiger partial charge in [0.25, 0.3) is 0 Å². The molecule has 0 radical (unpaired) electrons. The van der Waals surface area contributed by atoms with Crippen LogP contribution in [0.5, 0.6) is 0 Å². The van der Waals surface area contributed by atoms with E-state index in [9.17, 15) is 9.90 Å². The largest absolute Gasteiger partial charge is 0.465 e. The van der Waals surface area contributed by atoms with E-state index >= 15 is 0 Å². The van der Waals surface area contributed by atoms with Gasteiger partial charge in [0, 0.05) is 38.1 Å². The summed E-state index contributed by atoms with van der Waals surface area (Å²) in [7, 11) is 0. The summed E-state index contributed by atoms with van der Waals surface area (Å²) in [4.78, 5) is 15.2. The van der Waals surface area contributed by atoms with E-state index < -0.39 is 6.09 Å². The van der Waals surface area contributed by atoms with Crippen molar-refractivity contribution in [1.82, 2.24) is 19.6 Å². The Balaban J connectivity index is 1.58. The van der Waals surface area contributed by atoms with E-state index in [4.69, 9.17) is 16.7 Å². The second kappa shape index (κ2) is 7.08. The first-order chi connectivity index (χ1) is 13.2. The molecule has 28 heavy (non-hydrogen) atoms. The van der Waals surface area contributed by atoms with Crippen LogP contribution in [0.3, 0.4) is 0 Å². The molecule has 1 amide bonds. The molecule has 6 nitrogen and oxygen atoms in total. The minimum atomic E-state index is -0.799. The lowest BCUT2D eigenvalue weighted by Gasteiger charge is -2.20. The van der Waals surface area contributed by atoms with Crippen LogP contribution in [0, 0.1) is 11.8 Å². The van der Waals surface area contributed by atoms with Gasteiger partial charge in [-0.15, -0.1) is 0 Å². The van der Waals surface area contributed by atoms with Crippen LogP contribution in [0.4, 0.5) is 4.79 Å². The zero-order valence-corrected chi connectivity index (χ0v) is 17.4. The fourth-order valence-corrected chi connectivity index (χ4v) is 4.55. The predicted molar refractivity (Wildman–Crippen MR) is 109 cm³/mol. The van der Waals surface area contributed by atoms with Crippen molar-refractivity contribution in [2.45, 2.75) is 32.7 Å². The topological polar surface area (TPSA) is 61.6 Å². The molecule has 2 aliphatic rings. The van der Waals surface area contributed by atoms with Crippen LogP contribution in [0.15, 0.2) is 30.3 Å². The Morgan fingerprint density at radius 1 is 1.18 bits per heavy atom. The van der Waals surface area contributed by atoms with Crippen LogP contribution in [0.25, 0.3) is 5.69 Å². The van der Waals surface area contributed by atoms with Crippen molar-refractivity contribution in [1.29, 1.82) is 0 Å². The lowest BCUT2D eigenvalue weighted by Crippen LogP contribution is -2.32. The third-order valence-corrected chi connectivity index (χ3v) is 6.17. The molecule has 2 fully saturated rings. The second-order valence-corrected chi connectivity index (χ2v) is 9.44. The van der Waals surface area contributed by atoms with Crippen LogP contribution >= 0.6 is 11.6 Å². The van der Waals surface area contributed by atoms with Gasteiger partial charge in [-0.3, -0.25) is 4.90 Å². The molecule has 3 heterocycles. The Hall–Kier alpha value is -2.05. The van der Waals surface area contributed by atoms with Crippen molar-refractivity contribution in [3.63, 3.8) is 0 Å². The molecule has 1 aromatic heterocycles. The summed E-state index contributed by atoms with van der Waals surface area (Å²) >= 11 is 6.46. The summed E-state index contributed by atoms with van der Waals surface area (Å²) in [6.07, 6.45) is -0.799. The highest BCUT2D eigenvalue weighted by molar-refractivity contribution is 6.32. The number of hydrogen-bond acceptors (Lipinski definition) is 3. The number of likely N-dealkylation sites (tertiary alicyclic amines) is 2. The molecule has 0 aliphatic carbocycles. The molecule has 2 unspecified atom stereocenters. The van der Waals surface area contributed by atoms with Gasteiger partial charge in [0.05, 0.1) is 22.1 Å². The van der Waals surface area contributed by atoms with E-state index in [1.54, 1.807) is 4.90 Å². The molecule has 2 atom stereocenters. The number of benzene rings is 1. The van der Waals surface area contributed by atoms with Crippen LogP contribution in [0.2, 0.25) is 5.02 Å². The lowest BCUT2D eigenvalue weighted by atomic mass is 9.92. The van der Waals surface area contributed by atoms with E-state index in [0.717, 1.165) is 36.7 Å². The number of fused-ring (bicyclic) bond motifs is 1. The highest BCUT2D eigenvalue weighted by Crippen LogP contribution is 2.33. The van der Waals surface area contributed by atoms with Crippen LogP contribution in [-0.2, 0) is 12.0 Å². The normalized spacial score (nSPS) is 22.6. The molecule has 2 saturated heterocycles. The maximum Gasteiger partial charge on any atom is 0.407 e. The van der Waals surface area contributed by atoms with Gasteiger partial charge in [0.1, 0.15) is 0 Å². The van der Waals surface area contributed by atoms with Crippen molar-refractivity contribution >= 4 is 17.7 Å². The number of halogens is 1. The molecule has 0 saturated carbocycles. The van der Waals surface area contributed by atoms with Gasteiger partial charge in [-0.05, 0) is 30.0 Å². The van der Waals surface area contributed by atoms with Crippen molar-refractivity contribution in [3.8, 4) is 5.69 Å². The SMILES string of the molecule is CC(C)(C)c1cc(CN2CC3CN(C(=O)O)CC3C2)n(-c2ccccc2Cl)n1. The van der Waals surface area contributed by atoms with Gasteiger partial charge >= 0.3 is 6.09 Å². The third-order valence-electron chi connectivity index (χ3n) is 5.85. The number of nitrogens with zero attached hydrogens (tertiary/aromatic N) is 4. The monoisotopic (exact) mass is 402 g/mol. The van der Waals surface area contributed by atoms with Crippen LogP contribution in [0.1, 0.15) is 32.2 Å². The summed E-state index contributed by atoms with van der Waals surface area (Å²) in [6, 6.07) is 9.97. The van der Waals surface area contributed by atoms with Gasteiger partial charge in [-0.1, -0.05) is 44.5 Å². The van der Waals surface area contributed by atoms with E-state index in [-0.39, 0.29) is 5.41 Å². The summed E-state index contributed by atoms with van der Waals surface area (Å²) < 4.78 is 1.97. The Labute approximate surface area is 170 Å². The molecule has 0 bridgehead atoms.